The number of primary amides is 1. The van der Waals surface area contributed by atoms with Gasteiger partial charge in [0.2, 0.25) is 23.6 Å². The molecule has 0 aromatic rings. The Morgan fingerprint density at radius 1 is 1.09 bits per heavy atom. The van der Waals surface area contributed by atoms with Crippen LogP contribution in [0.25, 0.3) is 0 Å². The van der Waals surface area contributed by atoms with Gasteiger partial charge in [-0.15, -0.1) is 0 Å². The number of amides is 4. The largest absolute Gasteiger partial charge is 0.390 e. The molecule has 0 rings (SSSR count). The molecule has 33 heavy (non-hydrogen) atoms. The fourth-order valence-electron chi connectivity index (χ4n) is 3.32. The number of carbonyl (C=O) groups excluding carboxylic acids is 5. The van der Waals surface area contributed by atoms with E-state index in [-0.39, 0.29) is 37.5 Å². The zero-order chi connectivity index (χ0) is 25.9. The number of carbonyl (C=O) groups is 5. The lowest BCUT2D eigenvalue weighted by Crippen LogP contribution is -2.53. The second kappa shape index (κ2) is 13.9. The normalized spacial score (nSPS) is 14.1. The van der Waals surface area contributed by atoms with Gasteiger partial charge in [-0.2, -0.15) is 0 Å². The number of ketones is 1. The molecule has 3 atom stereocenters. The van der Waals surface area contributed by atoms with Crippen molar-refractivity contribution in [2.45, 2.75) is 90.8 Å². The molecule has 0 saturated heterocycles. The van der Waals surface area contributed by atoms with Gasteiger partial charge < -0.3 is 26.0 Å². The fourth-order valence-corrected chi connectivity index (χ4v) is 3.32. The van der Waals surface area contributed by atoms with Gasteiger partial charge in [0.05, 0.1) is 18.6 Å². The molecule has 0 unspecified atom stereocenters. The van der Waals surface area contributed by atoms with E-state index in [0.29, 0.717) is 0 Å². The number of aliphatic hydroxyl groups is 1. The topological polar surface area (TPSA) is 150 Å². The third-order valence-electron chi connectivity index (χ3n) is 5.55. The molecule has 4 amide bonds. The Morgan fingerprint density at radius 3 is 2.12 bits per heavy atom. The Labute approximate surface area is 197 Å². The van der Waals surface area contributed by atoms with Crippen molar-refractivity contribution < 1.29 is 29.1 Å². The monoisotopic (exact) mass is 470 g/mol. The van der Waals surface area contributed by atoms with Crippen molar-refractivity contribution in [3.63, 3.8) is 0 Å². The molecule has 0 radical (unpaired) electrons. The van der Waals surface area contributed by atoms with Gasteiger partial charge in [-0.1, -0.05) is 33.6 Å². The summed E-state index contributed by atoms with van der Waals surface area (Å²) in [5.74, 6) is -2.71. The van der Waals surface area contributed by atoms with Gasteiger partial charge in [0, 0.05) is 26.4 Å². The average Bonchev–Trinajstić information content (AvgIpc) is 2.71. The summed E-state index contributed by atoms with van der Waals surface area (Å²) in [6, 6.07) is -1.92. The number of hydrogen-bond acceptors (Lipinski definition) is 6. The molecule has 0 aromatic carbocycles. The van der Waals surface area contributed by atoms with Crippen molar-refractivity contribution in [2.24, 2.45) is 11.7 Å². The minimum atomic E-state index is -1.22. The standard InChI is InChI=1S/C23H42N4O6/c1-8-10-11-15(3)18(28)12-19(29)25-16(9-2)22(32)26(6)14-20(30)27(7)17(21(24)31)13-23(4,5)33/h15-17,33H,8-14H2,1-7H3,(H2,24,31)(H,25,29)/t15-,16+,17+/m1/s1. The highest BCUT2D eigenvalue weighted by molar-refractivity contribution is 6.00. The van der Waals surface area contributed by atoms with E-state index in [4.69, 9.17) is 5.73 Å². The molecule has 0 aliphatic rings. The second-order valence-electron chi connectivity index (χ2n) is 9.35. The first-order valence-corrected chi connectivity index (χ1v) is 11.5. The van der Waals surface area contributed by atoms with E-state index in [1.807, 2.05) is 6.92 Å². The summed E-state index contributed by atoms with van der Waals surface area (Å²) in [5.41, 5.74) is 4.16. The highest BCUT2D eigenvalue weighted by atomic mass is 16.3. The third kappa shape index (κ3) is 11.3. The number of rotatable bonds is 15. The van der Waals surface area contributed by atoms with Crippen LogP contribution in [0, 0.1) is 5.92 Å². The molecule has 0 fully saturated rings. The maximum Gasteiger partial charge on any atom is 0.245 e. The molecule has 0 spiro atoms. The van der Waals surface area contributed by atoms with Crippen LogP contribution in [0.4, 0.5) is 0 Å². The van der Waals surface area contributed by atoms with E-state index in [9.17, 15) is 29.1 Å². The van der Waals surface area contributed by atoms with Crippen molar-refractivity contribution in [2.75, 3.05) is 20.6 Å². The van der Waals surface area contributed by atoms with Crippen LogP contribution in [0.1, 0.15) is 73.1 Å². The molecule has 10 heteroatoms. The predicted octanol–water partition coefficient (Wildman–Crippen LogP) is 0.598. The van der Waals surface area contributed by atoms with Crippen molar-refractivity contribution in [1.82, 2.24) is 15.1 Å². The number of likely N-dealkylation sites (N-methyl/N-ethyl adjacent to an activating group) is 2. The predicted molar refractivity (Wildman–Crippen MR) is 125 cm³/mol. The van der Waals surface area contributed by atoms with Gasteiger partial charge in [0.25, 0.3) is 0 Å². The summed E-state index contributed by atoms with van der Waals surface area (Å²) >= 11 is 0. The zero-order valence-electron chi connectivity index (χ0n) is 21.1. The van der Waals surface area contributed by atoms with Gasteiger partial charge in [0.15, 0.2) is 0 Å². The molecule has 0 aliphatic heterocycles. The summed E-state index contributed by atoms with van der Waals surface area (Å²) in [7, 11) is 2.79. The van der Waals surface area contributed by atoms with E-state index in [2.05, 4.69) is 5.32 Å². The summed E-state index contributed by atoms with van der Waals surface area (Å²) in [6.45, 7) is 8.19. The van der Waals surface area contributed by atoms with Gasteiger partial charge in [-0.3, -0.25) is 24.0 Å². The average molecular weight is 471 g/mol. The molecular weight excluding hydrogens is 428 g/mol. The van der Waals surface area contributed by atoms with Crippen LogP contribution in [0.15, 0.2) is 0 Å². The van der Waals surface area contributed by atoms with Crippen molar-refractivity contribution >= 4 is 29.4 Å². The molecule has 4 N–H and O–H groups in total. The Bertz CT molecular complexity index is 704. The summed E-state index contributed by atoms with van der Waals surface area (Å²) in [4.78, 5) is 64.0. The van der Waals surface area contributed by atoms with E-state index >= 15 is 0 Å². The second-order valence-corrected chi connectivity index (χ2v) is 9.35. The summed E-state index contributed by atoms with van der Waals surface area (Å²) in [5, 5.41) is 12.6. The van der Waals surface area contributed by atoms with Crippen LogP contribution in [0.3, 0.4) is 0 Å². The van der Waals surface area contributed by atoms with E-state index in [1.54, 1.807) is 13.8 Å². The maximum absolute atomic E-state index is 12.8. The van der Waals surface area contributed by atoms with Gasteiger partial charge in [0.1, 0.15) is 17.9 Å². The molecule has 10 nitrogen and oxygen atoms in total. The zero-order valence-corrected chi connectivity index (χ0v) is 21.1. The van der Waals surface area contributed by atoms with Crippen LogP contribution in [0.5, 0.6) is 0 Å². The van der Waals surface area contributed by atoms with Crippen molar-refractivity contribution in [3.05, 3.63) is 0 Å². The number of nitrogens with two attached hydrogens (primary N) is 1. The molecule has 0 heterocycles. The molecule has 0 aromatic heterocycles. The highest BCUT2D eigenvalue weighted by Gasteiger charge is 2.32. The first-order chi connectivity index (χ1) is 15.1. The molecule has 0 bridgehead atoms. The Hall–Kier alpha value is -2.49. The minimum Gasteiger partial charge on any atom is -0.390 e. The first-order valence-electron chi connectivity index (χ1n) is 11.5. The number of nitrogens with one attached hydrogen (secondary N) is 1. The van der Waals surface area contributed by atoms with Crippen molar-refractivity contribution in [3.8, 4) is 0 Å². The Morgan fingerprint density at radius 2 is 1.67 bits per heavy atom. The number of nitrogens with zero attached hydrogens (tertiary/aromatic N) is 2. The van der Waals surface area contributed by atoms with Gasteiger partial charge in [-0.25, -0.2) is 0 Å². The van der Waals surface area contributed by atoms with Crippen LogP contribution in [0.2, 0.25) is 0 Å². The Balaban J connectivity index is 5.01. The lowest BCUT2D eigenvalue weighted by atomic mass is 9.97. The van der Waals surface area contributed by atoms with E-state index < -0.39 is 41.3 Å². The van der Waals surface area contributed by atoms with Crippen molar-refractivity contribution in [1.29, 1.82) is 0 Å². The molecular formula is C23H42N4O6. The smallest absolute Gasteiger partial charge is 0.245 e. The third-order valence-corrected chi connectivity index (χ3v) is 5.55. The molecule has 0 aliphatic carbocycles. The molecule has 0 saturated carbocycles. The SMILES string of the molecule is CCCC[C@@H](C)C(=O)CC(=O)N[C@@H](CC)C(=O)N(C)CC(=O)N(C)[C@@H](CC(C)(C)O)C(N)=O. The Kier molecular flexibility index (Phi) is 12.9. The van der Waals surface area contributed by atoms with E-state index in [0.717, 1.165) is 29.1 Å². The van der Waals surface area contributed by atoms with Crippen LogP contribution >= 0.6 is 0 Å². The lowest BCUT2D eigenvalue weighted by molar-refractivity contribution is -0.144. The summed E-state index contributed by atoms with van der Waals surface area (Å²) in [6.07, 6.45) is 2.52. The van der Waals surface area contributed by atoms with Crippen LogP contribution in [-0.4, -0.2) is 82.6 Å². The highest BCUT2D eigenvalue weighted by Crippen LogP contribution is 2.15. The number of Topliss-reactive ketones (excluding diaryl/α,β-unsaturated/α-hetero) is 1. The number of hydrogen-bond donors (Lipinski definition) is 3. The minimum absolute atomic E-state index is 0.0550. The van der Waals surface area contributed by atoms with Gasteiger partial charge in [-0.05, 0) is 26.7 Å². The van der Waals surface area contributed by atoms with Gasteiger partial charge >= 0.3 is 0 Å². The van der Waals surface area contributed by atoms with E-state index in [1.165, 1.54) is 27.9 Å². The first kappa shape index (κ1) is 30.5. The lowest BCUT2D eigenvalue weighted by Gasteiger charge is -2.32. The van der Waals surface area contributed by atoms with Crippen LogP contribution < -0.4 is 11.1 Å². The summed E-state index contributed by atoms with van der Waals surface area (Å²) < 4.78 is 0. The maximum atomic E-state index is 12.8. The fraction of sp³-hybridized carbons (Fsp3) is 0.783. The quantitative estimate of drug-likeness (QED) is 0.298. The molecule has 190 valence electrons. The van der Waals surface area contributed by atoms with Crippen LogP contribution in [-0.2, 0) is 24.0 Å². The number of unbranched alkanes of at least 4 members (excludes halogenated alkanes) is 1.